The molecule has 4 heteroatoms. The largest absolute Gasteiger partial charge is 0.324 e. The zero-order valence-corrected chi connectivity index (χ0v) is 13.0. The van der Waals surface area contributed by atoms with Crippen LogP contribution in [0.1, 0.15) is 38.3 Å². The van der Waals surface area contributed by atoms with E-state index in [0.29, 0.717) is 6.04 Å². The summed E-state index contributed by atoms with van der Waals surface area (Å²) in [5, 5.41) is 3.43. The molecule has 21 heavy (non-hydrogen) atoms. The fraction of sp³-hybridized carbons (Fsp3) is 0.588. The summed E-state index contributed by atoms with van der Waals surface area (Å²) >= 11 is 0. The molecule has 4 nitrogen and oxygen atoms in total. The van der Waals surface area contributed by atoms with Gasteiger partial charge in [-0.2, -0.15) is 0 Å². The van der Waals surface area contributed by atoms with Gasteiger partial charge in [0.05, 0.1) is 6.17 Å². The van der Waals surface area contributed by atoms with Crippen LogP contribution in [0.4, 0.5) is 0 Å². The van der Waals surface area contributed by atoms with E-state index in [1.54, 1.807) is 0 Å². The number of likely N-dealkylation sites (tertiary alicyclic amines) is 1. The third-order valence-corrected chi connectivity index (χ3v) is 4.85. The number of carbonyl (C=O) groups excluding carboxylic acids is 1. The Morgan fingerprint density at radius 3 is 2.76 bits per heavy atom. The molecule has 0 saturated carbocycles. The molecule has 2 aliphatic rings. The van der Waals surface area contributed by atoms with E-state index in [1.807, 2.05) is 35.2 Å². The number of nitrogens with one attached hydrogen (secondary N) is 1. The van der Waals surface area contributed by atoms with Crippen molar-refractivity contribution in [3.8, 4) is 0 Å². The Hall–Kier alpha value is -1.39. The Balaban J connectivity index is 1.71. The van der Waals surface area contributed by atoms with Crippen LogP contribution >= 0.6 is 0 Å². The van der Waals surface area contributed by atoms with Gasteiger partial charge in [0, 0.05) is 12.6 Å². The summed E-state index contributed by atoms with van der Waals surface area (Å²) in [5.41, 5.74) is 1.07. The van der Waals surface area contributed by atoms with Crippen molar-refractivity contribution in [1.82, 2.24) is 15.1 Å². The predicted molar refractivity (Wildman–Crippen MR) is 83.8 cm³/mol. The molecular weight excluding hydrogens is 262 g/mol. The molecule has 3 atom stereocenters. The maximum absolute atomic E-state index is 12.7. The first kappa shape index (κ1) is 14.5. The van der Waals surface area contributed by atoms with E-state index < -0.39 is 0 Å². The van der Waals surface area contributed by atoms with Crippen LogP contribution in [0.25, 0.3) is 0 Å². The molecule has 0 spiro atoms. The second-order valence-corrected chi connectivity index (χ2v) is 6.10. The number of carbonyl (C=O) groups is 1. The lowest BCUT2D eigenvalue weighted by Gasteiger charge is -2.29. The SMILES string of the molecule is CCN1CCCC1CN1C(=O)C(c2ccccc2)NC1C. The molecule has 1 N–H and O–H groups in total. The van der Waals surface area contributed by atoms with Crippen LogP contribution in [0.3, 0.4) is 0 Å². The number of rotatable bonds is 4. The van der Waals surface area contributed by atoms with Crippen molar-refractivity contribution in [2.45, 2.75) is 44.9 Å². The Bertz CT molecular complexity index is 490. The summed E-state index contributed by atoms with van der Waals surface area (Å²) < 4.78 is 0. The van der Waals surface area contributed by atoms with Crippen LogP contribution in [-0.4, -0.2) is 47.5 Å². The molecule has 0 bridgehead atoms. The van der Waals surface area contributed by atoms with Crippen LogP contribution in [-0.2, 0) is 4.79 Å². The molecular formula is C17H25N3O. The molecule has 2 heterocycles. The van der Waals surface area contributed by atoms with E-state index in [0.717, 1.165) is 18.7 Å². The maximum atomic E-state index is 12.7. The van der Waals surface area contributed by atoms with Crippen LogP contribution in [0, 0.1) is 0 Å². The van der Waals surface area contributed by atoms with E-state index in [-0.39, 0.29) is 18.1 Å². The Labute approximate surface area is 127 Å². The molecule has 1 amide bonds. The average molecular weight is 287 g/mol. The monoisotopic (exact) mass is 287 g/mol. The first-order chi connectivity index (χ1) is 10.2. The minimum Gasteiger partial charge on any atom is -0.324 e. The van der Waals surface area contributed by atoms with Gasteiger partial charge in [-0.05, 0) is 38.4 Å². The molecule has 3 rings (SSSR count). The maximum Gasteiger partial charge on any atom is 0.245 e. The van der Waals surface area contributed by atoms with E-state index in [9.17, 15) is 4.79 Å². The summed E-state index contributed by atoms with van der Waals surface area (Å²) in [6, 6.07) is 10.4. The molecule has 2 saturated heterocycles. The van der Waals surface area contributed by atoms with Crippen LogP contribution < -0.4 is 5.32 Å². The predicted octanol–water partition coefficient (Wildman–Crippen LogP) is 1.99. The molecule has 0 aromatic heterocycles. The van der Waals surface area contributed by atoms with Gasteiger partial charge in [-0.3, -0.25) is 15.0 Å². The lowest BCUT2D eigenvalue weighted by Crippen LogP contribution is -2.44. The minimum absolute atomic E-state index is 0.113. The fourth-order valence-corrected chi connectivity index (χ4v) is 3.64. The van der Waals surface area contributed by atoms with Gasteiger partial charge in [0.25, 0.3) is 0 Å². The van der Waals surface area contributed by atoms with E-state index in [4.69, 9.17) is 0 Å². The fourth-order valence-electron chi connectivity index (χ4n) is 3.64. The van der Waals surface area contributed by atoms with Crippen molar-refractivity contribution in [2.75, 3.05) is 19.6 Å². The summed E-state index contributed by atoms with van der Waals surface area (Å²) in [7, 11) is 0. The first-order valence-corrected chi connectivity index (χ1v) is 8.06. The number of benzene rings is 1. The summed E-state index contributed by atoms with van der Waals surface area (Å²) in [4.78, 5) is 17.3. The van der Waals surface area contributed by atoms with Gasteiger partial charge in [0.1, 0.15) is 6.04 Å². The highest BCUT2D eigenvalue weighted by atomic mass is 16.2. The van der Waals surface area contributed by atoms with Crippen LogP contribution in [0.2, 0.25) is 0 Å². The molecule has 1 aromatic rings. The van der Waals surface area contributed by atoms with Crippen LogP contribution in [0.5, 0.6) is 0 Å². The minimum atomic E-state index is -0.183. The Morgan fingerprint density at radius 2 is 2.05 bits per heavy atom. The first-order valence-electron chi connectivity index (χ1n) is 8.06. The van der Waals surface area contributed by atoms with Gasteiger partial charge in [-0.25, -0.2) is 0 Å². The van der Waals surface area contributed by atoms with Crippen molar-refractivity contribution in [3.63, 3.8) is 0 Å². The average Bonchev–Trinajstić information content (AvgIpc) is 3.07. The molecule has 0 aliphatic carbocycles. The third kappa shape index (κ3) is 2.83. The zero-order valence-electron chi connectivity index (χ0n) is 13.0. The lowest BCUT2D eigenvalue weighted by molar-refractivity contribution is -0.130. The van der Waals surface area contributed by atoms with Gasteiger partial charge in [-0.15, -0.1) is 0 Å². The Kier molecular flexibility index (Phi) is 4.27. The summed E-state index contributed by atoms with van der Waals surface area (Å²) in [6.07, 6.45) is 2.58. The molecule has 2 fully saturated rings. The second-order valence-electron chi connectivity index (χ2n) is 6.10. The lowest BCUT2D eigenvalue weighted by atomic mass is 10.1. The van der Waals surface area contributed by atoms with Crippen molar-refractivity contribution in [2.24, 2.45) is 0 Å². The molecule has 114 valence electrons. The van der Waals surface area contributed by atoms with Gasteiger partial charge in [0.15, 0.2) is 0 Å². The van der Waals surface area contributed by atoms with Gasteiger partial charge < -0.3 is 4.90 Å². The van der Waals surface area contributed by atoms with Crippen molar-refractivity contribution in [1.29, 1.82) is 0 Å². The third-order valence-electron chi connectivity index (χ3n) is 4.85. The smallest absolute Gasteiger partial charge is 0.245 e. The highest BCUT2D eigenvalue weighted by Gasteiger charge is 2.39. The topological polar surface area (TPSA) is 35.6 Å². The quantitative estimate of drug-likeness (QED) is 0.920. The van der Waals surface area contributed by atoms with Crippen LogP contribution in [0.15, 0.2) is 30.3 Å². The van der Waals surface area contributed by atoms with E-state index in [2.05, 4.69) is 24.1 Å². The number of hydrogen-bond acceptors (Lipinski definition) is 3. The highest BCUT2D eigenvalue weighted by molar-refractivity contribution is 5.85. The Morgan fingerprint density at radius 1 is 1.29 bits per heavy atom. The standard InChI is InChI=1S/C17H25N3O/c1-3-19-11-7-10-15(19)12-20-13(2)18-16(17(20)21)14-8-5-4-6-9-14/h4-6,8-9,13,15-16,18H,3,7,10-12H2,1-2H3. The number of likely N-dealkylation sites (N-methyl/N-ethyl adjacent to an activating group) is 1. The second kappa shape index (κ2) is 6.16. The van der Waals surface area contributed by atoms with Gasteiger partial charge in [-0.1, -0.05) is 37.3 Å². The van der Waals surface area contributed by atoms with E-state index >= 15 is 0 Å². The normalized spacial score (nSPS) is 30.3. The summed E-state index contributed by atoms with van der Waals surface area (Å²) in [6.45, 7) is 7.40. The van der Waals surface area contributed by atoms with E-state index in [1.165, 1.54) is 19.4 Å². The molecule has 3 unspecified atom stereocenters. The van der Waals surface area contributed by atoms with Crippen molar-refractivity contribution >= 4 is 5.91 Å². The molecule has 1 aromatic carbocycles. The number of amides is 1. The van der Waals surface area contributed by atoms with Crippen molar-refractivity contribution < 1.29 is 4.79 Å². The van der Waals surface area contributed by atoms with Gasteiger partial charge >= 0.3 is 0 Å². The number of nitrogens with zero attached hydrogens (tertiary/aromatic N) is 2. The zero-order chi connectivity index (χ0) is 14.8. The van der Waals surface area contributed by atoms with Gasteiger partial charge in [0.2, 0.25) is 5.91 Å². The molecule has 0 radical (unpaired) electrons. The van der Waals surface area contributed by atoms with Crippen molar-refractivity contribution in [3.05, 3.63) is 35.9 Å². The highest BCUT2D eigenvalue weighted by Crippen LogP contribution is 2.26. The summed E-state index contributed by atoms with van der Waals surface area (Å²) in [5.74, 6) is 0.219. The number of hydrogen-bond donors (Lipinski definition) is 1. The molecule has 2 aliphatic heterocycles.